The van der Waals surface area contributed by atoms with Crippen molar-refractivity contribution in [3.05, 3.63) is 106 Å². The Hall–Kier alpha value is -4.10. The summed E-state index contributed by atoms with van der Waals surface area (Å²) in [5, 5.41) is 1.31. The van der Waals surface area contributed by atoms with Gasteiger partial charge in [-0.1, -0.05) is 72.8 Å². The Morgan fingerprint density at radius 3 is 2.24 bits per heavy atom. The van der Waals surface area contributed by atoms with Crippen LogP contribution in [0, 0.1) is 0 Å². The molecular weight excluding hydrogens is 432 g/mol. The highest BCUT2D eigenvalue weighted by atomic mass is 32.1. The lowest BCUT2D eigenvalue weighted by atomic mass is 10.1. The maximum absolute atomic E-state index is 13.5. The van der Waals surface area contributed by atoms with Crippen LogP contribution in [-0.4, -0.2) is 32.8 Å². The monoisotopic (exact) mass is 452 g/mol. The number of aromatic nitrogens is 3. The van der Waals surface area contributed by atoms with E-state index in [1.165, 1.54) is 11.3 Å². The molecule has 162 valence electrons. The van der Waals surface area contributed by atoms with Crippen molar-refractivity contribution in [2.75, 3.05) is 7.05 Å². The number of benzene rings is 3. The van der Waals surface area contributed by atoms with Gasteiger partial charge in [-0.05, 0) is 12.1 Å². The van der Waals surface area contributed by atoms with Crippen molar-refractivity contribution in [1.29, 1.82) is 0 Å². The third-order valence-electron chi connectivity index (χ3n) is 5.28. The van der Waals surface area contributed by atoms with Crippen LogP contribution in [0.5, 0.6) is 0 Å². The molecule has 0 fully saturated rings. The molecule has 2 heterocycles. The van der Waals surface area contributed by atoms with Gasteiger partial charge in [0.1, 0.15) is 15.7 Å². The number of hydrogen-bond acceptors (Lipinski definition) is 5. The lowest BCUT2D eigenvalue weighted by molar-refractivity contribution is 0.0787. The highest BCUT2D eigenvalue weighted by Gasteiger charge is 2.23. The van der Waals surface area contributed by atoms with Crippen LogP contribution in [0.3, 0.4) is 0 Å². The summed E-state index contributed by atoms with van der Waals surface area (Å²) in [6, 6.07) is 26.7. The largest absolute Gasteiger partial charge is 0.333 e. The molecule has 5 aromatic rings. The third kappa shape index (κ3) is 4.18. The molecule has 2 aromatic heterocycles. The van der Waals surface area contributed by atoms with E-state index in [9.17, 15) is 9.59 Å². The van der Waals surface area contributed by atoms with Crippen LogP contribution in [0.25, 0.3) is 32.7 Å². The van der Waals surface area contributed by atoms with Gasteiger partial charge in [0.25, 0.3) is 11.5 Å². The first-order chi connectivity index (χ1) is 16.1. The molecule has 0 aliphatic heterocycles. The molecule has 5 rings (SSSR count). The zero-order valence-electron chi connectivity index (χ0n) is 17.9. The van der Waals surface area contributed by atoms with Crippen molar-refractivity contribution >= 4 is 28.1 Å². The van der Waals surface area contributed by atoms with Crippen molar-refractivity contribution in [3.63, 3.8) is 0 Å². The van der Waals surface area contributed by atoms with Crippen LogP contribution < -0.4 is 5.56 Å². The topological polar surface area (TPSA) is 79.0 Å². The fraction of sp³-hybridized carbons (Fsp3) is 0.0769. The predicted molar refractivity (Wildman–Crippen MR) is 131 cm³/mol. The van der Waals surface area contributed by atoms with E-state index in [1.807, 2.05) is 66.7 Å². The summed E-state index contributed by atoms with van der Waals surface area (Å²) in [5.74, 6) is 0.257. The number of amides is 1. The van der Waals surface area contributed by atoms with Gasteiger partial charge in [-0.3, -0.25) is 9.59 Å². The number of carbonyl (C=O) groups excluding carboxylic acids is 1. The Morgan fingerprint density at radius 1 is 0.879 bits per heavy atom. The lowest BCUT2D eigenvalue weighted by Crippen LogP contribution is -2.28. The van der Waals surface area contributed by atoms with Crippen LogP contribution in [0.2, 0.25) is 0 Å². The van der Waals surface area contributed by atoms with Crippen LogP contribution in [0.1, 0.15) is 15.5 Å². The van der Waals surface area contributed by atoms with Gasteiger partial charge in [0, 0.05) is 18.2 Å². The molecule has 0 aliphatic carbocycles. The van der Waals surface area contributed by atoms with Gasteiger partial charge < -0.3 is 9.88 Å². The zero-order valence-corrected chi connectivity index (χ0v) is 18.7. The number of carbonyl (C=O) groups is 1. The van der Waals surface area contributed by atoms with Crippen LogP contribution in [0.4, 0.5) is 0 Å². The number of fused-ring (bicyclic) bond motifs is 1. The predicted octanol–water partition coefficient (Wildman–Crippen LogP) is 4.99. The molecule has 33 heavy (non-hydrogen) atoms. The molecule has 1 amide bonds. The average molecular weight is 453 g/mol. The fourth-order valence-electron chi connectivity index (χ4n) is 3.64. The van der Waals surface area contributed by atoms with Crippen molar-refractivity contribution in [2.24, 2.45) is 0 Å². The van der Waals surface area contributed by atoms with E-state index in [-0.39, 0.29) is 18.0 Å². The Morgan fingerprint density at radius 2 is 1.52 bits per heavy atom. The summed E-state index contributed by atoms with van der Waals surface area (Å²) in [6.45, 7) is 0.172. The number of aromatic amines is 1. The lowest BCUT2D eigenvalue weighted by Gasteiger charge is -2.16. The Labute approximate surface area is 194 Å². The normalized spacial score (nSPS) is 10.9. The third-order valence-corrected chi connectivity index (χ3v) is 6.38. The summed E-state index contributed by atoms with van der Waals surface area (Å²) < 4.78 is 0. The minimum atomic E-state index is -0.217. The number of rotatable bonds is 5. The number of para-hydroxylation sites is 1. The van der Waals surface area contributed by atoms with E-state index in [1.54, 1.807) is 30.1 Å². The second kappa shape index (κ2) is 8.80. The van der Waals surface area contributed by atoms with E-state index in [2.05, 4.69) is 9.97 Å². The van der Waals surface area contributed by atoms with Gasteiger partial charge in [-0.15, -0.1) is 11.3 Å². The number of nitrogens with zero attached hydrogens (tertiary/aromatic N) is 3. The van der Waals surface area contributed by atoms with E-state index in [0.29, 0.717) is 27.3 Å². The van der Waals surface area contributed by atoms with E-state index in [0.717, 1.165) is 16.1 Å². The number of hydrogen-bond donors (Lipinski definition) is 1. The van der Waals surface area contributed by atoms with Gasteiger partial charge in [0.05, 0.1) is 23.1 Å². The van der Waals surface area contributed by atoms with Crippen LogP contribution in [-0.2, 0) is 6.54 Å². The molecule has 0 aliphatic rings. The molecule has 3 aromatic carbocycles. The summed E-state index contributed by atoms with van der Waals surface area (Å²) in [5.41, 5.74) is 2.87. The van der Waals surface area contributed by atoms with Gasteiger partial charge >= 0.3 is 0 Å². The second-order valence-corrected chi connectivity index (χ2v) is 8.62. The SMILES string of the molecule is CN(Cc1nc2ccccc2c(=O)[nH]1)C(=O)c1sc(-c2ccccc2)nc1-c1ccccc1. The van der Waals surface area contributed by atoms with E-state index in [4.69, 9.17) is 4.98 Å². The number of nitrogens with one attached hydrogen (secondary N) is 1. The highest BCUT2D eigenvalue weighted by Crippen LogP contribution is 2.34. The number of H-pyrrole nitrogens is 1. The minimum absolute atomic E-state index is 0.172. The van der Waals surface area contributed by atoms with Crippen LogP contribution in [0.15, 0.2) is 89.7 Å². The standard InChI is InChI=1S/C26H20N4O2S/c1-30(16-21-27-20-15-9-8-14-19(20)24(31)28-21)26(32)23-22(17-10-4-2-5-11-17)29-25(33-23)18-12-6-3-7-13-18/h2-15H,16H2,1H3,(H,27,28,31). The van der Waals surface area contributed by atoms with Gasteiger partial charge in [-0.25, -0.2) is 9.97 Å². The zero-order chi connectivity index (χ0) is 22.8. The molecular formula is C26H20N4O2S. The summed E-state index contributed by atoms with van der Waals surface area (Å²) in [6.07, 6.45) is 0. The first-order valence-electron chi connectivity index (χ1n) is 10.5. The van der Waals surface area contributed by atoms with Crippen LogP contribution >= 0.6 is 11.3 Å². The molecule has 7 heteroatoms. The Balaban J connectivity index is 1.51. The molecule has 0 saturated carbocycles. The van der Waals surface area contributed by atoms with Crippen molar-refractivity contribution in [1.82, 2.24) is 19.9 Å². The van der Waals surface area contributed by atoms with Gasteiger partial charge in [-0.2, -0.15) is 0 Å². The molecule has 0 unspecified atom stereocenters. The van der Waals surface area contributed by atoms with Crippen molar-refractivity contribution in [2.45, 2.75) is 6.54 Å². The molecule has 0 spiro atoms. The molecule has 0 bridgehead atoms. The summed E-state index contributed by atoms with van der Waals surface area (Å²) >= 11 is 1.37. The van der Waals surface area contributed by atoms with Crippen molar-refractivity contribution in [3.8, 4) is 21.8 Å². The molecule has 6 nitrogen and oxygen atoms in total. The summed E-state index contributed by atoms with van der Waals surface area (Å²) in [7, 11) is 1.70. The van der Waals surface area contributed by atoms with Gasteiger partial charge in [0.2, 0.25) is 0 Å². The maximum atomic E-state index is 13.5. The number of thiazole rings is 1. The quantitative estimate of drug-likeness (QED) is 0.408. The average Bonchev–Trinajstić information content (AvgIpc) is 3.30. The smallest absolute Gasteiger partial charge is 0.266 e. The van der Waals surface area contributed by atoms with E-state index >= 15 is 0 Å². The fourth-order valence-corrected chi connectivity index (χ4v) is 4.73. The van der Waals surface area contributed by atoms with Gasteiger partial charge in [0.15, 0.2) is 0 Å². The summed E-state index contributed by atoms with van der Waals surface area (Å²) in [4.78, 5) is 40.2. The highest BCUT2D eigenvalue weighted by molar-refractivity contribution is 7.17. The molecule has 0 saturated heterocycles. The maximum Gasteiger partial charge on any atom is 0.266 e. The first-order valence-corrected chi connectivity index (χ1v) is 11.3. The Kier molecular flexibility index (Phi) is 5.54. The molecule has 0 atom stereocenters. The first kappa shape index (κ1) is 20.8. The molecule has 1 N–H and O–H groups in total. The Bertz CT molecular complexity index is 1490. The molecule has 0 radical (unpaired) electrons. The minimum Gasteiger partial charge on any atom is -0.333 e. The van der Waals surface area contributed by atoms with E-state index < -0.39 is 0 Å². The van der Waals surface area contributed by atoms with Crippen molar-refractivity contribution < 1.29 is 4.79 Å². The second-order valence-electron chi connectivity index (χ2n) is 7.62.